The number of nitriles is 1. The number of ether oxygens (including phenoxy) is 3. The lowest BCUT2D eigenvalue weighted by atomic mass is 10.2. The molecule has 2 aromatic rings. The van der Waals surface area contributed by atoms with E-state index in [2.05, 4.69) is 6.07 Å². The first-order valence-electron chi connectivity index (χ1n) is 6.09. The molecule has 0 spiro atoms. The summed E-state index contributed by atoms with van der Waals surface area (Å²) in [6.45, 7) is 1.67. The number of fused-ring (bicyclic) bond motifs is 1. The van der Waals surface area contributed by atoms with Crippen molar-refractivity contribution in [3.8, 4) is 11.8 Å². The summed E-state index contributed by atoms with van der Waals surface area (Å²) < 4.78 is 17.8. The van der Waals surface area contributed by atoms with Gasteiger partial charge in [0.2, 0.25) is 0 Å². The van der Waals surface area contributed by atoms with Crippen molar-refractivity contribution in [3.63, 3.8) is 0 Å². The van der Waals surface area contributed by atoms with E-state index in [0.717, 1.165) is 23.3 Å². The number of benzene rings is 1. The van der Waals surface area contributed by atoms with E-state index in [1.165, 1.54) is 0 Å². The van der Waals surface area contributed by atoms with Crippen molar-refractivity contribution >= 4 is 10.9 Å². The summed E-state index contributed by atoms with van der Waals surface area (Å²) >= 11 is 0. The lowest BCUT2D eigenvalue weighted by Crippen LogP contribution is -2.04. The standard InChI is InChI=1S/C14H14N2O3/c1-17-9-16-10(6-15)5-12-13(16)3-2-4-14(12)19-8-11-7-18-11/h2-5,11H,7-9H2,1H3. The molecule has 3 rings (SSSR count). The number of nitrogens with zero attached hydrogens (tertiary/aromatic N) is 2. The SMILES string of the molecule is COCn1c(C#N)cc2c(OCC3CO3)cccc21. The summed E-state index contributed by atoms with van der Waals surface area (Å²) in [6.07, 6.45) is 0.215. The fourth-order valence-corrected chi connectivity index (χ4v) is 2.09. The molecule has 0 amide bonds. The zero-order valence-corrected chi connectivity index (χ0v) is 10.6. The first-order valence-corrected chi connectivity index (χ1v) is 6.09. The molecule has 1 unspecified atom stereocenters. The Morgan fingerprint density at radius 1 is 1.53 bits per heavy atom. The highest BCUT2D eigenvalue weighted by Crippen LogP contribution is 2.29. The molecule has 1 atom stereocenters. The van der Waals surface area contributed by atoms with E-state index >= 15 is 0 Å². The van der Waals surface area contributed by atoms with E-state index in [1.54, 1.807) is 7.11 Å². The highest BCUT2D eigenvalue weighted by atomic mass is 16.6. The number of aromatic nitrogens is 1. The molecule has 1 aliphatic rings. The van der Waals surface area contributed by atoms with Gasteiger partial charge in [0.1, 0.15) is 37.0 Å². The van der Waals surface area contributed by atoms with Crippen molar-refractivity contribution in [2.24, 2.45) is 0 Å². The second kappa shape index (κ2) is 4.92. The molecule has 0 N–H and O–H groups in total. The van der Waals surface area contributed by atoms with Crippen molar-refractivity contribution in [1.82, 2.24) is 4.57 Å². The van der Waals surface area contributed by atoms with Gasteiger partial charge in [-0.25, -0.2) is 0 Å². The average Bonchev–Trinajstić information content (AvgIpc) is 3.19. The molecule has 2 heterocycles. The van der Waals surface area contributed by atoms with Crippen LogP contribution in [0.2, 0.25) is 0 Å². The maximum Gasteiger partial charge on any atom is 0.128 e. The molecule has 1 fully saturated rings. The molecule has 1 aromatic carbocycles. The quantitative estimate of drug-likeness (QED) is 0.768. The van der Waals surface area contributed by atoms with Crippen LogP contribution < -0.4 is 4.74 Å². The van der Waals surface area contributed by atoms with Crippen LogP contribution in [0.25, 0.3) is 10.9 Å². The van der Waals surface area contributed by atoms with Gasteiger partial charge in [-0.2, -0.15) is 5.26 Å². The Kier molecular flexibility index (Phi) is 3.11. The van der Waals surface area contributed by atoms with Crippen LogP contribution in [0.4, 0.5) is 0 Å². The molecule has 98 valence electrons. The number of epoxide rings is 1. The van der Waals surface area contributed by atoms with Crippen LogP contribution in [0.5, 0.6) is 5.75 Å². The number of methoxy groups -OCH3 is 1. The third kappa shape index (κ3) is 2.28. The lowest BCUT2D eigenvalue weighted by Gasteiger charge is -2.07. The minimum atomic E-state index is 0.215. The van der Waals surface area contributed by atoms with Gasteiger partial charge in [-0.3, -0.25) is 0 Å². The summed E-state index contributed by atoms with van der Waals surface area (Å²) in [5.41, 5.74) is 1.50. The number of hydrogen-bond donors (Lipinski definition) is 0. The van der Waals surface area contributed by atoms with Gasteiger partial charge in [0, 0.05) is 12.5 Å². The molecule has 0 aliphatic carbocycles. The van der Waals surface area contributed by atoms with E-state index in [1.807, 2.05) is 28.8 Å². The maximum absolute atomic E-state index is 9.18. The van der Waals surface area contributed by atoms with Gasteiger partial charge in [0.25, 0.3) is 0 Å². The highest BCUT2D eigenvalue weighted by molar-refractivity contribution is 5.88. The first kappa shape index (κ1) is 12.0. The van der Waals surface area contributed by atoms with Crippen LogP contribution in [0.15, 0.2) is 24.3 Å². The Hall–Kier alpha value is -2.03. The lowest BCUT2D eigenvalue weighted by molar-refractivity contribution is 0.134. The summed E-state index contributed by atoms with van der Waals surface area (Å²) in [5, 5.41) is 10.1. The fraction of sp³-hybridized carbons (Fsp3) is 0.357. The third-order valence-electron chi connectivity index (χ3n) is 3.11. The van der Waals surface area contributed by atoms with Gasteiger partial charge in [0.15, 0.2) is 0 Å². The van der Waals surface area contributed by atoms with E-state index in [9.17, 15) is 5.26 Å². The van der Waals surface area contributed by atoms with Gasteiger partial charge >= 0.3 is 0 Å². The Bertz CT molecular complexity index is 638. The second-order valence-electron chi connectivity index (χ2n) is 4.44. The van der Waals surface area contributed by atoms with Crippen LogP contribution in [0.1, 0.15) is 5.69 Å². The molecule has 19 heavy (non-hydrogen) atoms. The monoisotopic (exact) mass is 258 g/mol. The van der Waals surface area contributed by atoms with Crippen molar-refractivity contribution in [2.75, 3.05) is 20.3 Å². The smallest absolute Gasteiger partial charge is 0.128 e. The molecule has 0 radical (unpaired) electrons. The third-order valence-corrected chi connectivity index (χ3v) is 3.11. The van der Waals surface area contributed by atoms with Gasteiger partial charge in [-0.05, 0) is 18.2 Å². The highest BCUT2D eigenvalue weighted by Gasteiger charge is 2.23. The molecule has 0 bridgehead atoms. The van der Waals surface area contributed by atoms with Crippen molar-refractivity contribution < 1.29 is 14.2 Å². The number of hydrogen-bond acceptors (Lipinski definition) is 4. The maximum atomic E-state index is 9.18. The fourth-order valence-electron chi connectivity index (χ4n) is 2.09. The Morgan fingerprint density at radius 2 is 2.37 bits per heavy atom. The van der Waals surface area contributed by atoms with E-state index in [4.69, 9.17) is 14.2 Å². The Balaban J connectivity index is 2.01. The second-order valence-corrected chi connectivity index (χ2v) is 4.44. The van der Waals surface area contributed by atoms with Crippen LogP contribution in [0, 0.1) is 11.3 Å². The minimum absolute atomic E-state index is 0.215. The van der Waals surface area contributed by atoms with E-state index in [-0.39, 0.29) is 6.10 Å². The van der Waals surface area contributed by atoms with Crippen LogP contribution >= 0.6 is 0 Å². The number of rotatable bonds is 5. The van der Waals surface area contributed by atoms with E-state index in [0.29, 0.717) is 19.0 Å². The first-order chi connectivity index (χ1) is 9.33. The molecule has 1 aliphatic heterocycles. The molecular weight excluding hydrogens is 244 g/mol. The van der Waals surface area contributed by atoms with Gasteiger partial charge in [0.05, 0.1) is 12.1 Å². The zero-order chi connectivity index (χ0) is 13.2. The Morgan fingerprint density at radius 3 is 3.05 bits per heavy atom. The van der Waals surface area contributed by atoms with Gasteiger partial charge in [-0.1, -0.05) is 6.07 Å². The minimum Gasteiger partial charge on any atom is -0.490 e. The summed E-state index contributed by atoms with van der Waals surface area (Å²) in [5.74, 6) is 0.777. The van der Waals surface area contributed by atoms with Gasteiger partial charge < -0.3 is 18.8 Å². The summed E-state index contributed by atoms with van der Waals surface area (Å²) in [6, 6.07) is 9.78. The Labute approximate surface area is 110 Å². The van der Waals surface area contributed by atoms with Crippen molar-refractivity contribution in [2.45, 2.75) is 12.8 Å². The van der Waals surface area contributed by atoms with Crippen molar-refractivity contribution in [1.29, 1.82) is 5.26 Å². The molecule has 1 saturated heterocycles. The predicted molar refractivity (Wildman–Crippen MR) is 68.9 cm³/mol. The zero-order valence-electron chi connectivity index (χ0n) is 10.6. The molecule has 1 aromatic heterocycles. The molecule has 5 nitrogen and oxygen atoms in total. The largest absolute Gasteiger partial charge is 0.490 e. The van der Waals surface area contributed by atoms with Gasteiger partial charge in [-0.15, -0.1) is 0 Å². The normalized spacial score (nSPS) is 17.4. The van der Waals surface area contributed by atoms with Crippen LogP contribution in [-0.2, 0) is 16.2 Å². The summed E-state index contributed by atoms with van der Waals surface area (Å²) in [7, 11) is 1.61. The molecule has 0 saturated carbocycles. The molecule has 5 heteroatoms. The average molecular weight is 258 g/mol. The molecular formula is C14H14N2O3. The van der Waals surface area contributed by atoms with Crippen LogP contribution in [0.3, 0.4) is 0 Å². The van der Waals surface area contributed by atoms with Crippen molar-refractivity contribution in [3.05, 3.63) is 30.0 Å². The summed E-state index contributed by atoms with van der Waals surface area (Å²) in [4.78, 5) is 0. The predicted octanol–water partition coefficient (Wildman–Crippen LogP) is 1.89. The van der Waals surface area contributed by atoms with E-state index < -0.39 is 0 Å². The topological polar surface area (TPSA) is 59.7 Å². The van der Waals surface area contributed by atoms with Crippen LogP contribution in [-0.4, -0.2) is 31.0 Å².